The molecule has 1 heterocycles. The van der Waals surface area contributed by atoms with Gasteiger partial charge in [0.05, 0.1) is 9.95 Å². The van der Waals surface area contributed by atoms with Crippen LogP contribution in [-0.4, -0.2) is 16.5 Å². The van der Waals surface area contributed by atoms with E-state index in [1.807, 2.05) is 0 Å². The Labute approximate surface area is 111 Å². The number of hydrogen-bond donors (Lipinski definition) is 1. The first-order valence-electron chi connectivity index (χ1n) is 6.20. The molecule has 2 rings (SSSR count). The van der Waals surface area contributed by atoms with E-state index in [1.54, 1.807) is 0 Å². The summed E-state index contributed by atoms with van der Waals surface area (Å²) in [7, 11) is 0. The minimum absolute atomic E-state index is 0.0612. The molecular formula is C12H16ClN3O2. The van der Waals surface area contributed by atoms with Gasteiger partial charge in [-0.2, -0.15) is 0 Å². The molecule has 5 nitrogen and oxygen atoms in total. The molecule has 0 amide bonds. The van der Waals surface area contributed by atoms with Gasteiger partial charge >= 0.3 is 5.69 Å². The maximum Gasteiger partial charge on any atom is 0.311 e. The topological polar surface area (TPSA) is 68.1 Å². The molecule has 1 fully saturated rings. The Morgan fingerprint density at radius 2 is 2.17 bits per heavy atom. The van der Waals surface area contributed by atoms with Crippen molar-refractivity contribution in [1.29, 1.82) is 0 Å². The van der Waals surface area contributed by atoms with Crippen molar-refractivity contribution in [2.75, 3.05) is 11.9 Å². The highest BCUT2D eigenvalue weighted by atomic mass is 35.5. The summed E-state index contributed by atoms with van der Waals surface area (Å²) in [4.78, 5) is 14.1. The maximum atomic E-state index is 10.9. The zero-order valence-corrected chi connectivity index (χ0v) is 10.8. The molecule has 98 valence electrons. The quantitative estimate of drug-likeness (QED) is 0.655. The molecule has 0 aliphatic heterocycles. The lowest BCUT2D eigenvalue weighted by Crippen LogP contribution is -2.08. The third-order valence-electron chi connectivity index (χ3n) is 3.41. The van der Waals surface area contributed by atoms with Crippen molar-refractivity contribution >= 4 is 23.0 Å². The minimum Gasteiger partial charge on any atom is -0.378 e. The Morgan fingerprint density at radius 1 is 1.44 bits per heavy atom. The lowest BCUT2D eigenvalue weighted by atomic mass is 10.0. The summed E-state index contributed by atoms with van der Waals surface area (Å²) in [5, 5.41) is 14.2. The normalized spacial score (nSPS) is 15.8. The van der Waals surface area contributed by atoms with Gasteiger partial charge in [-0.3, -0.25) is 15.1 Å². The third-order valence-corrected chi connectivity index (χ3v) is 3.69. The smallest absolute Gasteiger partial charge is 0.311 e. The van der Waals surface area contributed by atoms with Crippen molar-refractivity contribution in [1.82, 2.24) is 4.98 Å². The highest BCUT2D eigenvalue weighted by molar-refractivity contribution is 6.33. The minimum atomic E-state index is -0.462. The molecule has 1 aromatic heterocycles. The van der Waals surface area contributed by atoms with E-state index in [4.69, 9.17) is 11.6 Å². The van der Waals surface area contributed by atoms with Crippen LogP contribution in [0.1, 0.15) is 32.1 Å². The molecule has 0 atom stereocenters. The largest absolute Gasteiger partial charge is 0.378 e. The van der Waals surface area contributed by atoms with E-state index in [0.29, 0.717) is 10.7 Å². The Bertz CT molecular complexity index is 433. The summed E-state index contributed by atoms with van der Waals surface area (Å²) in [6.07, 6.45) is 8.84. The molecule has 1 aromatic rings. The molecule has 0 radical (unpaired) electrons. The number of rotatable bonds is 5. The van der Waals surface area contributed by atoms with Gasteiger partial charge in [0.15, 0.2) is 0 Å². The van der Waals surface area contributed by atoms with Gasteiger partial charge in [-0.25, -0.2) is 0 Å². The van der Waals surface area contributed by atoms with E-state index in [0.717, 1.165) is 18.9 Å². The average Bonchev–Trinajstić information content (AvgIpc) is 2.84. The van der Waals surface area contributed by atoms with Crippen LogP contribution in [0.2, 0.25) is 5.02 Å². The summed E-state index contributed by atoms with van der Waals surface area (Å²) in [5.41, 5.74) is 0.323. The van der Waals surface area contributed by atoms with Crippen LogP contribution in [0.5, 0.6) is 0 Å². The van der Waals surface area contributed by atoms with E-state index in [-0.39, 0.29) is 5.69 Å². The van der Waals surface area contributed by atoms with Crippen LogP contribution in [0.25, 0.3) is 0 Å². The summed E-state index contributed by atoms with van der Waals surface area (Å²) in [6, 6.07) is 0. The van der Waals surface area contributed by atoms with Crippen LogP contribution in [0.3, 0.4) is 0 Å². The third kappa shape index (κ3) is 3.10. The fraction of sp³-hybridized carbons (Fsp3) is 0.583. The molecular weight excluding hydrogens is 254 g/mol. The predicted molar refractivity (Wildman–Crippen MR) is 71.0 cm³/mol. The summed E-state index contributed by atoms with van der Waals surface area (Å²) < 4.78 is 0. The van der Waals surface area contributed by atoms with E-state index in [1.165, 1.54) is 38.1 Å². The lowest BCUT2D eigenvalue weighted by Gasteiger charge is -2.11. The number of nitrogens with one attached hydrogen (secondary N) is 1. The molecule has 0 saturated heterocycles. The Kier molecular flexibility index (Phi) is 4.36. The molecule has 0 bridgehead atoms. The first-order chi connectivity index (χ1) is 8.68. The number of aromatic nitrogens is 1. The van der Waals surface area contributed by atoms with E-state index >= 15 is 0 Å². The summed E-state index contributed by atoms with van der Waals surface area (Å²) in [6.45, 7) is 0.717. The number of anilines is 1. The van der Waals surface area contributed by atoms with Gasteiger partial charge in [0, 0.05) is 12.7 Å². The Balaban J connectivity index is 1.97. The van der Waals surface area contributed by atoms with E-state index < -0.39 is 4.92 Å². The number of hydrogen-bond acceptors (Lipinski definition) is 4. The van der Waals surface area contributed by atoms with Gasteiger partial charge in [0.25, 0.3) is 0 Å². The zero-order chi connectivity index (χ0) is 13.0. The molecule has 18 heavy (non-hydrogen) atoms. The Hall–Kier alpha value is -1.36. The van der Waals surface area contributed by atoms with Crippen molar-refractivity contribution in [3.8, 4) is 0 Å². The summed E-state index contributed by atoms with van der Waals surface area (Å²) >= 11 is 5.94. The van der Waals surface area contributed by atoms with Crippen molar-refractivity contribution < 1.29 is 4.92 Å². The highest BCUT2D eigenvalue weighted by Gasteiger charge is 2.18. The first-order valence-corrected chi connectivity index (χ1v) is 6.58. The van der Waals surface area contributed by atoms with Crippen LogP contribution < -0.4 is 5.32 Å². The van der Waals surface area contributed by atoms with Crippen LogP contribution in [-0.2, 0) is 0 Å². The molecule has 0 aromatic carbocycles. The second-order valence-corrected chi connectivity index (χ2v) is 5.05. The lowest BCUT2D eigenvalue weighted by molar-refractivity contribution is -0.384. The van der Waals surface area contributed by atoms with Gasteiger partial charge in [-0.1, -0.05) is 37.3 Å². The van der Waals surface area contributed by atoms with Crippen LogP contribution in [0, 0.1) is 16.0 Å². The molecule has 1 aliphatic rings. The Morgan fingerprint density at radius 3 is 2.83 bits per heavy atom. The predicted octanol–water partition coefficient (Wildman–Crippen LogP) is 3.64. The number of nitro groups is 1. The molecule has 1 aliphatic carbocycles. The van der Waals surface area contributed by atoms with Crippen molar-refractivity contribution in [3.05, 3.63) is 27.5 Å². The first kappa shape index (κ1) is 13.1. The van der Waals surface area contributed by atoms with Gasteiger partial charge in [0.2, 0.25) is 0 Å². The monoisotopic (exact) mass is 269 g/mol. The van der Waals surface area contributed by atoms with Crippen molar-refractivity contribution in [2.24, 2.45) is 5.92 Å². The SMILES string of the molecule is O=[N+]([O-])c1cncc(Cl)c1NCCC1CCCC1. The fourth-order valence-corrected chi connectivity index (χ4v) is 2.66. The molecule has 1 saturated carbocycles. The average molecular weight is 270 g/mol. The molecule has 0 unspecified atom stereocenters. The number of pyridine rings is 1. The van der Waals surface area contributed by atoms with Crippen molar-refractivity contribution in [2.45, 2.75) is 32.1 Å². The van der Waals surface area contributed by atoms with Crippen LogP contribution >= 0.6 is 11.6 Å². The number of nitrogens with zero attached hydrogens (tertiary/aromatic N) is 2. The van der Waals surface area contributed by atoms with Gasteiger partial charge in [0.1, 0.15) is 11.9 Å². The van der Waals surface area contributed by atoms with Crippen molar-refractivity contribution in [3.63, 3.8) is 0 Å². The van der Waals surface area contributed by atoms with Gasteiger partial charge in [-0.05, 0) is 12.3 Å². The standard InChI is InChI=1S/C12H16ClN3O2/c13-10-7-14-8-11(16(17)18)12(10)15-6-5-9-3-1-2-4-9/h7-9H,1-6H2,(H,14,15). The van der Waals surface area contributed by atoms with Gasteiger partial charge < -0.3 is 5.32 Å². The highest BCUT2D eigenvalue weighted by Crippen LogP contribution is 2.32. The van der Waals surface area contributed by atoms with Gasteiger partial charge in [-0.15, -0.1) is 0 Å². The fourth-order valence-electron chi connectivity index (χ4n) is 2.44. The van der Waals surface area contributed by atoms with E-state index in [2.05, 4.69) is 10.3 Å². The zero-order valence-electron chi connectivity index (χ0n) is 10.1. The number of halogens is 1. The van der Waals surface area contributed by atoms with Crippen LogP contribution in [0.4, 0.5) is 11.4 Å². The van der Waals surface area contributed by atoms with E-state index in [9.17, 15) is 10.1 Å². The molecule has 1 N–H and O–H groups in total. The molecule has 0 spiro atoms. The second kappa shape index (κ2) is 6.00. The van der Waals surface area contributed by atoms with Crippen LogP contribution in [0.15, 0.2) is 12.4 Å². The molecule has 6 heteroatoms. The summed E-state index contributed by atoms with van der Waals surface area (Å²) in [5.74, 6) is 0.747. The second-order valence-electron chi connectivity index (χ2n) is 4.64. The maximum absolute atomic E-state index is 10.9.